The van der Waals surface area contributed by atoms with E-state index in [1.54, 1.807) is 35.0 Å². The minimum Gasteiger partial charge on any atom is -0.345 e. The predicted molar refractivity (Wildman–Crippen MR) is 79.3 cm³/mol. The maximum absolute atomic E-state index is 11.9. The van der Waals surface area contributed by atoms with Crippen molar-refractivity contribution in [2.75, 3.05) is 5.32 Å². The van der Waals surface area contributed by atoms with E-state index in [1.807, 2.05) is 13.0 Å². The van der Waals surface area contributed by atoms with Gasteiger partial charge in [0.2, 0.25) is 5.91 Å². The van der Waals surface area contributed by atoms with Crippen LogP contribution in [-0.4, -0.2) is 16.8 Å². The summed E-state index contributed by atoms with van der Waals surface area (Å²) in [5, 5.41) is 3.45. The summed E-state index contributed by atoms with van der Waals surface area (Å²) in [5.41, 5.74) is 2.12. The molecule has 4 nitrogen and oxygen atoms in total. The van der Waals surface area contributed by atoms with Crippen molar-refractivity contribution in [2.45, 2.75) is 19.9 Å². The van der Waals surface area contributed by atoms with Gasteiger partial charge in [-0.05, 0) is 36.8 Å². The minimum atomic E-state index is -0.110. The third-order valence-electron chi connectivity index (χ3n) is 3.11. The number of hydrogen-bond donors (Lipinski definition) is 1. The van der Waals surface area contributed by atoms with Gasteiger partial charge in [0.05, 0.1) is 5.69 Å². The van der Waals surface area contributed by atoms with Crippen LogP contribution in [0.3, 0.4) is 0 Å². The number of nitrogens with zero attached hydrogens (tertiary/aromatic N) is 1. The zero-order chi connectivity index (χ0) is 14.5. The first-order valence-electron chi connectivity index (χ1n) is 6.27. The number of carbonyl (C=O) groups is 2. The van der Waals surface area contributed by atoms with Crippen LogP contribution in [0.1, 0.15) is 22.5 Å². The molecule has 0 unspecified atom stereocenters. The van der Waals surface area contributed by atoms with Crippen molar-refractivity contribution in [3.8, 4) is 0 Å². The van der Waals surface area contributed by atoms with Crippen LogP contribution in [0.4, 0.5) is 5.69 Å². The topological polar surface area (TPSA) is 51.1 Å². The number of rotatable bonds is 5. The molecule has 2 rings (SSSR count). The standard InChI is InChI=1S/C15H15ClN2O2/c1-11-13(16)5-2-6-14(11)17-15(20)7-9-18-8-3-4-12(18)10-19/h2-6,8,10H,7,9H2,1H3,(H,17,20). The molecular formula is C15H15ClN2O2. The molecule has 1 amide bonds. The van der Waals surface area contributed by atoms with Gasteiger partial charge in [-0.15, -0.1) is 0 Å². The number of halogens is 1. The lowest BCUT2D eigenvalue weighted by Crippen LogP contribution is -2.15. The van der Waals surface area contributed by atoms with Crippen LogP contribution in [0.15, 0.2) is 36.5 Å². The smallest absolute Gasteiger partial charge is 0.226 e. The van der Waals surface area contributed by atoms with E-state index in [4.69, 9.17) is 11.6 Å². The molecule has 20 heavy (non-hydrogen) atoms. The summed E-state index contributed by atoms with van der Waals surface area (Å²) >= 11 is 6.00. The molecule has 1 aromatic heterocycles. The summed E-state index contributed by atoms with van der Waals surface area (Å²) in [4.78, 5) is 22.7. The Hall–Kier alpha value is -2.07. The first-order chi connectivity index (χ1) is 9.61. The van der Waals surface area contributed by atoms with E-state index in [2.05, 4.69) is 5.32 Å². The summed E-state index contributed by atoms with van der Waals surface area (Å²) in [6.07, 6.45) is 2.85. The fourth-order valence-corrected chi connectivity index (χ4v) is 2.09. The van der Waals surface area contributed by atoms with Crippen molar-refractivity contribution in [1.82, 2.24) is 4.57 Å². The predicted octanol–water partition coefficient (Wildman–Crippen LogP) is 3.29. The number of carbonyl (C=O) groups excluding carboxylic acids is 2. The Morgan fingerprint density at radius 2 is 2.15 bits per heavy atom. The SMILES string of the molecule is Cc1c(Cl)cccc1NC(=O)CCn1cccc1C=O. The quantitative estimate of drug-likeness (QED) is 0.859. The molecule has 1 heterocycles. The Kier molecular flexibility index (Phi) is 4.58. The molecule has 104 valence electrons. The van der Waals surface area contributed by atoms with E-state index in [1.165, 1.54) is 0 Å². The molecule has 0 saturated carbocycles. The molecule has 1 N–H and O–H groups in total. The van der Waals surface area contributed by atoms with Crippen molar-refractivity contribution < 1.29 is 9.59 Å². The second kappa shape index (κ2) is 6.39. The Morgan fingerprint density at radius 3 is 2.90 bits per heavy atom. The van der Waals surface area contributed by atoms with Crippen LogP contribution in [0.5, 0.6) is 0 Å². The van der Waals surface area contributed by atoms with Crippen molar-refractivity contribution in [1.29, 1.82) is 0 Å². The lowest BCUT2D eigenvalue weighted by atomic mass is 10.2. The van der Waals surface area contributed by atoms with Gasteiger partial charge in [0.25, 0.3) is 0 Å². The Balaban J connectivity index is 1.96. The number of hydrogen-bond acceptors (Lipinski definition) is 2. The highest BCUT2D eigenvalue weighted by Crippen LogP contribution is 2.23. The largest absolute Gasteiger partial charge is 0.345 e. The highest BCUT2D eigenvalue weighted by atomic mass is 35.5. The molecule has 0 saturated heterocycles. The number of benzene rings is 1. The number of nitrogens with one attached hydrogen (secondary N) is 1. The van der Waals surface area contributed by atoms with Crippen molar-refractivity contribution in [3.05, 3.63) is 52.8 Å². The van der Waals surface area contributed by atoms with E-state index in [0.717, 1.165) is 11.8 Å². The van der Waals surface area contributed by atoms with Crippen LogP contribution < -0.4 is 5.32 Å². The van der Waals surface area contributed by atoms with Crippen LogP contribution in [0.25, 0.3) is 0 Å². The molecule has 0 aliphatic rings. The van der Waals surface area contributed by atoms with E-state index in [0.29, 0.717) is 29.4 Å². The van der Waals surface area contributed by atoms with E-state index in [-0.39, 0.29) is 5.91 Å². The van der Waals surface area contributed by atoms with E-state index in [9.17, 15) is 9.59 Å². The highest BCUT2D eigenvalue weighted by molar-refractivity contribution is 6.31. The molecule has 0 radical (unpaired) electrons. The fourth-order valence-electron chi connectivity index (χ4n) is 1.92. The molecule has 0 fully saturated rings. The van der Waals surface area contributed by atoms with Crippen LogP contribution >= 0.6 is 11.6 Å². The first-order valence-corrected chi connectivity index (χ1v) is 6.65. The van der Waals surface area contributed by atoms with Gasteiger partial charge < -0.3 is 9.88 Å². The van der Waals surface area contributed by atoms with Crippen LogP contribution in [-0.2, 0) is 11.3 Å². The lowest BCUT2D eigenvalue weighted by molar-refractivity contribution is -0.116. The number of anilines is 1. The Bertz CT molecular complexity index is 635. The number of amides is 1. The molecule has 0 bridgehead atoms. The molecule has 0 aliphatic heterocycles. The average Bonchev–Trinajstić information content (AvgIpc) is 2.89. The van der Waals surface area contributed by atoms with Crippen molar-refractivity contribution >= 4 is 29.5 Å². The van der Waals surface area contributed by atoms with Gasteiger partial charge in [-0.1, -0.05) is 17.7 Å². The summed E-state index contributed by atoms with van der Waals surface area (Å²) in [5.74, 6) is -0.110. The zero-order valence-electron chi connectivity index (χ0n) is 11.1. The maximum atomic E-state index is 11.9. The normalized spacial score (nSPS) is 10.3. The third-order valence-corrected chi connectivity index (χ3v) is 3.52. The van der Waals surface area contributed by atoms with Gasteiger partial charge in [-0.25, -0.2) is 0 Å². The Morgan fingerprint density at radius 1 is 1.35 bits per heavy atom. The molecular weight excluding hydrogens is 276 g/mol. The summed E-state index contributed by atoms with van der Waals surface area (Å²) in [6, 6.07) is 8.88. The van der Waals surface area contributed by atoms with Gasteiger partial charge in [-0.2, -0.15) is 0 Å². The van der Waals surface area contributed by atoms with Gasteiger partial charge in [0, 0.05) is 29.9 Å². The second-order valence-electron chi connectivity index (χ2n) is 4.45. The van der Waals surface area contributed by atoms with Crippen molar-refractivity contribution in [3.63, 3.8) is 0 Å². The van der Waals surface area contributed by atoms with E-state index >= 15 is 0 Å². The maximum Gasteiger partial charge on any atom is 0.226 e. The Labute approximate surface area is 122 Å². The van der Waals surface area contributed by atoms with Gasteiger partial charge in [0.1, 0.15) is 0 Å². The molecule has 0 atom stereocenters. The lowest BCUT2D eigenvalue weighted by Gasteiger charge is -2.10. The molecule has 0 spiro atoms. The monoisotopic (exact) mass is 290 g/mol. The first kappa shape index (κ1) is 14.3. The summed E-state index contributed by atoms with van der Waals surface area (Å²) < 4.78 is 1.75. The minimum absolute atomic E-state index is 0.110. The van der Waals surface area contributed by atoms with Crippen LogP contribution in [0.2, 0.25) is 5.02 Å². The highest BCUT2D eigenvalue weighted by Gasteiger charge is 2.07. The molecule has 0 aliphatic carbocycles. The van der Waals surface area contributed by atoms with E-state index < -0.39 is 0 Å². The molecule has 5 heteroatoms. The van der Waals surface area contributed by atoms with Gasteiger partial charge >= 0.3 is 0 Å². The number of aromatic nitrogens is 1. The van der Waals surface area contributed by atoms with Crippen LogP contribution in [0, 0.1) is 6.92 Å². The number of aryl methyl sites for hydroxylation is 1. The van der Waals surface area contributed by atoms with Gasteiger partial charge in [0.15, 0.2) is 6.29 Å². The summed E-state index contributed by atoms with van der Waals surface area (Å²) in [6.45, 7) is 2.32. The van der Waals surface area contributed by atoms with Gasteiger partial charge in [-0.3, -0.25) is 9.59 Å². The number of aldehydes is 1. The van der Waals surface area contributed by atoms with Crippen molar-refractivity contribution in [2.24, 2.45) is 0 Å². The fraction of sp³-hybridized carbons (Fsp3) is 0.200. The third kappa shape index (κ3) is 3.27. The molecule has 1 aromatic carbocycles. The zero-order valence-corrected chi connectivity index (χ0v) is 11.9. The second-order valence-corrected chi connectivity index (χ2v) is 4.86. The molecule has 2 aromatic rings. The average molecular weight is 291 g/mol. The summed E-state index contributed by atoms with van der Waals surface area (Å²) in [7, 11) is 0.